The Morgan fingerprint density at radius 2 is 0.955 bits per heavy atom. The molecule has 0 unspecified atom stereocenters. The van der Waals surface area contributed by atoms with Crippen LogP contribution in [-0.4, -0.2) is 11.6 Å². The molecule has 1 aliphatic rings. The number of carbonyl (C=O) groups is 2. The van der Waals surface area contributed by atoms with Gasteiger partial charge in [0.2, 0.25) is 0 Å². The molecule has 1 fully saturated rings. The molecule has 1 aliphatic carbocycles. The van der Waals surface area contributed by atoms with Crippen molar-refractivity contribution in [2.24, 2.45) is 11.8 Å². The van der Waals surface area contributed by atoms with E-state index in [0.717, 1.165) is 11.1 Å². The average molecular weight is 292 g/mol. The number of benzene rings is 2. The van der Waals surface area contributed by atoms with E-state index in [2.05, 4.69) is 0 Å². The lowest BCUT2D eigenvalue weighted by molar-refractivity contribution is -0.135. The predicted molar refractivity (Wildman–Crippen MR) is 86.7 cm³/mol. The molecule has 0 bridgehead atoms. The Bertz CT molecular complexity index is 606. The topological polar surface area (TPSA) is 34.1 Å². The monoisotopic (exact) mass is 292 g/mol. The number of rotatable bonds is 4. The van der Waals surface area contributed by atoms with Gasteiger partial charge in [-0.3, -0.25) is 9.59 Å². The predicted octanol–water partition coefficient (Wildman–Crippen LogP) is 3.98. The number of Topliss-reactive ketones (excluding diaryl/α,β-unsaturated/α-hetero) is 2. The van der Waals surface area contributed by atoms with Crippen LogP contribution in [0.5, 0.6) is 0 Å². The van der Waals surface area contributed by atoms with Crippen molar-refractivity contribution in [3.05, 3.63) is 71.8 Å². The second-order valence-electron chi connectivity index (χ2n) is 6.15. The van der Waals surface area contributed by atoms with E-state index in [0.29, 0.717) is 0 Å². The first kappa shape index (κ1) is 14.7. The van der Waals surface area contributed by atoms with Crippen LogP contribution >= 0.6 is 0 Å². The van der Waals surface area contributed by atoms with E-state index in [1.54, 1.807) is 13.8 Å². The van der Waals surface area contributed by atoms with Gasteiger partial charge >= 0.3 is 0 Å². The van der Waals surface area contributed by atoms with Gasteiger partial charge in [0.15, 0.2) is 0 Å². The quantitative estimate of drug-likeness (QED) is 0.854. The van der Waals surface area contributed by atoms with Gasteiger partial charge in [0, 0.05) is 23.7 Å². The van der Waals surface area contributed by atoms with E-state index in [-0.39, 0.29) is 35.2 Å². The molecular weight excluding hydrogens is 272 g/mol. The normalized spacial score (nSPS) is 27.0. The molecule has 112 valence electrons. The third kappa shape index (κ3) is 2.39. The van der Waals surface area contributed by atoms with Crippen molar-refractivity contribution >= 4 is 11.6 Å². The summed E-state index contributed by atoms with van der Waals surface area (Å²) in [6, 6.07) is 19.9. The number of hydrogen-bond donors (Lipinski definition) is 0. The van der Waals surface area contributed by atoms with Crippen molar-refractivity contribution in [2.75, 3.05) is 0 Å². The second-order valence-corrected chi connectivity index (χ2v) is 6.15. The van der Waals surface area contributed by atoms with Gasteiger partial charge in [-0.25, -0.2) is 0 Å². The van der Waals surface area contributed by atoms with E-state index < -0.39 is 0 Å². The summed E-state index contributed by atoms with van der Waals surface area (Å²) in [6.45, 7) is 3.29. The van der Waals surface area contributed by atoms with Crippen molar-refractivity contribution < 1.29 is 9.59 Å². The molecule has 22 heavy (non-hydrogen) atoms. The van der Waals surface area contributed by atoms with Gasteiger partial charge < -0.3 is 0 Å². The van der Waals surface area contributed by atoms with E-state index in [4.69, 9.17) is 0 Å². The Hall–Kier alpha value is -2.22. The van der Waals surface area contributed by atoms with Crippen LogP contribution in [0.3, 0.4) is 0 Å². The van der Waals surface area contributed by atoms with Gasteiger partial charge in [-0.15, -0.1) is 0 Å². The summed E-state index contributed by atoms with van der Waals surface area (Å²) in [7, 11) is 0. The maximum Gasteiger partial charge on any atom is 0.134 e. The smallest absolute Gasteiger partial charge is 0.134 e. The first-order chi connectivity index (χ1) is 10.6. The minimum Gasteiger partial charge on any atom is -0.300 e. The Kier molecular flexibility index (Phi) is 3.93. The zero-order valence-electron chi connectivity index (χ0n) is 12.9. The largest absolute Gasteiger partial charge is 0.300 e. The summed E-state index contributed by atoms with van der Waals surface area (Å²) in [6.07, 6.45) is 0. The Morgan fingerprint density at radius 3 is 1.23 bits per heavy atom. The molecule has 0 aromatic heterocycles. The Balaban J connectivity index is 2.04. The molecule has 0 amide bonds. The van der Waals surface area contributed by atoms with Crippen LogP contribution < -0.4 is 0 Å². The highest BCUT2D eigenvalue weighted by molar-refractivity contribution is 5.90. The molecule has 2 nitrogen and oxygen atoms in total. The summed E-state index contributed by atoms with van der Waals surface area (Å²) in [5.41, 5.74) is 2.19. The van der Waals surface area contributed by atoms with Gasteiger partial charge in [0.1, 0.15) is 11.6 Å². The molecule has 0 saturated heterocycles. The van der Waals surface area contributed by atoms with Crippen LogP contribution in [0.25, 0.3) is 0 Å². The summed E-state index contributed by atoms with van der Waals surface area (Å²) in [4.78, 5) is 24.5. The van der Waals surface area contributed by atoms with Crippen LogP contribution in [-0.2, 0) is 9.59 Å². The van der Waals surface area contributed by atoms with Crippen molar-refractivity contribution in [3.63, 3.8) is 0 Å². The molecule has 0 radical (unpaired) electrons. The molecule has 0 aliphatic heterocycles. The fourth-order valence-electron chi connectivity index (χ4n) is 3.94. The molecule has 0 atom stereocenters. The molecule has 1 saturated carbocycles. The van der Waals surface area contributed by atoms with Crippen LogP contribution in [0, 0.1) is 11.8 Å². The Morgan fingerprint density at radius 1 is 0.636 bits per heavy atom. The molecule has 2 aromatic carbocycles. The van der Waals surface area contributed by atoms with Crippen LogP contribution in [0.1, 0.15) is 36.8 Å². The lowest BCUT2D eigenvalue weighted by Gasteiger charge is -2.50. The van der Waals surface area contributed by atoms with Crippen LogP contribution in [0.2, 0.25) is 0 Å². The van der Waals surface area contributed by atoms with E-state index >= 15 is 0 Å². The SMILES string of the molecule is CC(=O)C1C(c2ccccc2)C(C(C)=O)C1c1ccccc1. The van der Waals surface area contributed by atoms with Gasteiger partial charge in [-0.2, -0.15) is 0 Å². The zero-order valence-corrected chi connectivity index (χ0v) is 12.9. The average Bonchev–Trinajstić information content (AvgIpc) is 2.47. The fraction of sp³-hybridized carbons (Fsp3) is 0.300. The van der Waals surface area contributed by atoms with Crippen molar-refractivity contribution in [2.45, 2.75) is 25.7 Å². The maximum absolute atomic E-state index is 12.3. The standard InChI is InChI=1S/C20H20O2/c1-13(21)17-19(15-9-5-3-6-10-15)18(14(2)22)20(17)16-11-7-4-8-12-16/h3-12,17-20H,1-2H3. The summed E-state index contributed by atoms with van der Waals surface area (Å²) < 4.78 is 0. The Labute approximate surface area is 131 Å². The molecule has 0 heterocycles. The zero-order chi connectivity index (χ0) is 15.7. The molecule has 3 rings (SSSR count). The number of hydrogen-bond acceptors (Lipinski definition) is 2. The van der Waals surface area contributed by atoms with Crippen molar-refractivity contribution in [3.8, 4) is 0 Å². The fourth-order valence-corrected chi connectivity index (χ4v) is 3.94. The highest BCUT2D eigenvalue weighted by Crippen LogP contribution is 2.58. The number of ketones is 2. The molecule has 0 N–H and O–H groups in total. The second kappa shape index (κ2) is 5.88. The summed E-state index contributed by atoms with van der Waals surface area (Å²) in [5, 5.41) is 0. The first-order valence-corrected chi connectivity index (χ1v) is 7.72. The third-order valence-electron chi connectivity index (χ3n) is 4.86. The van der Waals surface area contributed by atoms with Crippen molar-refractivity contribution in [1.29, 1.82) is 0 Å². The number of carbonyl (C=O) groups excluding carboxylic acids is 2. The lowest BCUT2D eigenvalue weighted by Crippen LogP contribution is -2.49. The minimum atomic E-state index is -0.112. The van der Waals surface area contributed by atoms with E-state index in [9.17, 15) is 9.59 Å². The molecule has 0 spiro atoms. The highest BCUT2D eigenvalue weighted by atomic mass is 16.1. The highest BCUT2D eigenvalue weighted by Gasteiger charge is 2.55. The van der Waals surface area contributed by atoms with Crippen LogP contribution in [0.4, 0.5) is 0 Å². The lowest BCUT2D eigenvalue weighted by atomic mass is 9.50. The van der Waals surface area contributed by atoms with Crippen molar-refractivity contribution in [1.82, 2.24) is 0 Å². The minimum absolute atomic E-state index is 0.00130. The molecule has 2 aromatic rings. The van der Waals surface area contributed by atoms with Gasteiger partial charge in [-0.05, 0) is 25.0 Å². The van der Waals surface area contributed by atoms with Gasteiger partial charge in [0.25, 0.3) is 0 Å². The van der Waals surface area contributed by atoms with Gasteiger partial charge in [-0.1, -0.05) is 60.7 Å². The van der Waals surface area contributed by atoms with E-state index in [1.165, 1.54) is 0 Å². The molecule has 2 heteroatoms. The summed E-state index contributed by atoms with van der Waals surface area (Å²) in [5.74, 6) is 0.112. The van der Waals surface area contributed by atoms with E-state index in [1.807, 2.05) is 60.7 Å². The summed E-state index contributed by atoms with van der Waals surface area (Å²) >= 11 is 0. The maximum atomic E-state index is 12.3. The van der Waals surface area contributed by atoms with Gasteiger partial charge in [0.05, 0.1) is 0 Å². The molecular formula is C20H20O2. The first-order valence-electron chi connectivity index (χ1n) is 7.72. The van der Waals surface area contributed by atoms with Crippen LogP contribution in [0.15, 0.2) is 60.7 Å². The third-order valence-corrected chi connectivity index (χ3v) is 4.86.